The minimum Gasteiger partial charge on any atom is -0.548 e. The zero-order valence-corrected chi connectivity index (χ0v) is 14.8. The van der Waals surface area contributed by atoms with Crippen LogP contribution < -0.4 is 20.8 Å². The van der Waals surface area contributed by atoms with E-state index < -0.39 is 47.3 Å². The number of carbonyl (C=O) groups excluding carboxylic acids is 4. The van der Waals surface area contributed by atoms with Crippen molar-refractivity contribution in [2.24, 2.45) is 0 Å². The summed E-state index contributed by atoms with van der Waals surface area (Å²) in [4.78, 5) is 40.7. The average molecular weight is 349 g/mol. The molecule has 0 rings (SSSR count). The summed E-state index contributed by atoms with van der Waals surface area (Å²) < 4.78 is 0. The predicted octanol–water partition coefficient (Wildman–Crippen LogP) is -4.04. The van der Waals surface area contributed by atoms with Crippen molar-refractivity contribution in [3.8, 4) is 0 Å². The third-order valence-electron chi connectivity index (χ3n) is 1.57. The van der Waals surface area contributed by atoms with Crippen LogP contribution in [0.4, 0.5) is 0 Å². The molecule has 2 amide bonds. The van der Waals surface area contributed by atoms with Gasteiger partial charge in [0.2, 0.25) is 11.8 Å². The number of carbonyl (C=O) groups is 4. The zero-order valence-electron chi connectivity index (χ0n) is 11.6. The van der Waals surface area contributed by atoms with Crippen molar-refractivity contribution in [2.45, 2.75) is 24.3 Å². The van der Waals surface area contributed by atoms with Crippen LogP contribution in [0.2, 0.25) is 0 Å². The molecule has 21 heavy (non-hydrogen) atoms. The van der Waals surface area contributed by atoms with E-state index in [0.717, 1.165) is 0 Å². The van der Waals surface area contributed by atoms with Crippen molar-refractivity contribution in [1.29, 1.82) is 0 Å². The van der Waals surface area contributed by atoms with Crippen molar-refractivity contribution in [2.75, 3.05) is 13.1 Å². The van der Waals surface area contributed by atoms with E-state index in [4.69, 9.17) is 0 Å². The van der Waals surface area contributed by atoms with Gasteiger partial charge in [0, 0.05) is 0 Å². The Kier molecular flexibility index (Phi) is 17.2. The SMILES string of the molecule is CC(S)C(=O)NCC(=O)[O-].CC(S)C(=O)NCC(=O)[O-].[Mg+2]. The van der Waals surface area contributed by atoms with E-state index in [0.29, 0.717) is 0 Å². The molecule has 2 unspecified atom stereocenters. The molecule has 0 aliphatic rings. The number of hydrogen-bond acceptors (Lipinski definition) is 8. The van der Waals surface area contributed by atoms with Crippen LogP contribution in [0.1, 0.15) is 13.8 Å². The predicted molar refractivity (Wildman–Crippen MR) is 78.7 cm³/mol. The normalized spacial score (nSPS) is 11.6. The minimum absolute atomic E-state index is 0. The number of carboxylic acids is 2. The Morgan fingerprint density at radius 2 is 1.10 bits per heavy atom. The minimum atomic E-state index is -1.30. The van der Waals surface area contributed by atoms with Gasteiger partial charge in [-0.25, -0.2) is 0 Å². The molecule has 8 nitrogen and oxygen atoms in total. The summed E-state index contributed by atoms with van der Waals surface area (Å²) >= 11 is 7.54. The molecule has 2 N–H and O–H groups in total. The van der Waals surface area contributed by atoms with Crippen LogP contribution >= 0.6 is 25.3 Å². The summed E-state index contributed by atoms with van der Waals surface area (Å²) in [7, 11) is 0. The maximum absolute atomic E-state index is 10.6. The summed E-state index contributed by atoms with van der Waals surface area (Å²) in [6, 6.07) is 0. The largest absolute Gasteiger partial charge is 2.00 e. The molecule has 0 fully saturated rings. The number of nitrogens with one attached hydrogen (secondary N) is 2. The van der Waals surface area contributed by atoms with E-state index in [-0.39, 0.29) is 23.1 Å². The van der Waals surface area contributed by atoms with Crippen LogP contribution in [0.3, 0.4) is 0 Å². The number of thiol groups is 2. The monoisotopic (exact) mass is 348 g/mol. The van der Waals surface area contributed by atoms with Gasteiger partial charge in [-0.2, -0.15) is 25.3 Å². The molecule has 0 bridgehead atoms. The van der Waals surface area contributed by atoms with Crippen molar-refractivity contribution in [3.63, 3.8) is 0 Å². The van der Waals surface area contributed by atoms with E-state index in [1.165, 1.54) is 0 Å². The van der Waals surface area contributed by atoms with Crippen LogP contribution in [0, 0.1) is 0 Å². The number of aliphatic carboxylic acids is 2. The maximum atomic E-state index is 10.6. The number of amides is 2. The Balaban J connectivity index is -0.000000295. The van der Waals surface area contributed by atoms with Crippen molar-refractivity contribution < 1.29 is 29.4 Å². The second kappa shape index (κ2) is 14.3. The summed E-state index contributed by atoms with van der Waals surface area (Å²) in [5, 5.41) is 22.8. The molecule has 0 aliphatic carbocycles. The van der Waals surface area contributed by atoms with Crippen LogP contribution in [0.25, 0.3) is 0 Å². The molecular weight excluding hydrogens is 333 g/mol. The van der Waals surface area contributed by atoms with Gasteiger partial charge in [0.05, 0.1) is 35.5 Å². The fourth-order valence-corrected chi connectivity index (χ4v) is 0.797. The molecule has 0 saturated carbocycles. The smallest absolute Gasteiger partial charge is 0.548 e. The number of rotatable bonds is 6. The van der Waals surface area contributed by atoms with Gasteiger partial charge >= 0.3 is 23.1 Å². The van der Waals surface area contributed by atoms with Gasteiger partial charge in [0.1, 0.15) is 0 Å². The van der Waals surface area contributed by atoms with Gasteiger partial charge in [-0.3, -0.25) is 9.59 Å². The first-order valence-corrected chi connectivity index (χ1v) is 6.42. The molecule has 0 radical (unpaired) electrons. The molecule has 2 atom stereocenters. The molecule has 0 spiro atoms. The van der Waals surface area contributed by atoms with Crippen LogP contribution in [0.5, 0.6) is 0 Å². The summed E-state index contributed by atoms with van der Waals surface area (Å²) in [6.45, 7) is 2.19. The second-order valence-corrected chi connectivity index (χ2v) is 5.08. The molecule has 0 saturated heterocycles. The number of carboxylic acid groups (broad SMARTS) is 2. The zero-order chi connectivity index (χ0) is 16.3. The first-order chi connectivity index (χ1) is 9.07. The van der Waals surface area contributed by atoms with Crippen molar-refractivity contribution in [1.82, 2.24) is 10.6 Å². The first kappa shape index (κ1) is 25.3. The van der Waals surface area contributed by atoms with E-state index in [1.54, 1.807) is 13.8 Å². The molecule has 0 heterocycles. The third-order valence-corrected chi connectivity index (χ3v) is 2.04. The molecule has 0 aromatic rings. The Labute approximate surface area is 149 Å². The fraction of sp³-hybridized carbons (Fsp3) is 0.600. The molecular formula is C10H16MgN2O6S2. The molecule has 0 aromatic carbocycles. The third kappa shape index (κ3) is 19.3. The van der Waals surface area contributed by atoms with Gasteiger partial charge in [-0.1, -0.05) is 0 Å². The molecule has 116 valence electrons. The number of hydrogen-bond donors (Lipinski definition) is 4. The van der Waals surface area contributed by atoms with Crippen molar-refractivity contribution in [3.05, 3.63) is 0 Å². The van der Waals surface area contributed by atoms with Crippen molar-refractivity contribution >= 4 is 72.1 Å². The van der Waals surface area contributed by atoms with E-state index in [1.807, 2.05) is 0 Å². The summed E-state index contributed by atoms with van der Waals surface area (Å²) in [5.74, 6) is -3.43. The Morgan fingerprint density at radius 1 is 0.857 bits per heavy atom. The van der Waals surface area contributed by atoms with E-state index >= 15 is 0 Å². The Morgan fingerprint density at radius 3 is 1.24 bits per heavy atom. The molecule has 11 heteroatoms. The fourth-order valence-electron chi connectivity index (χ4n) is 0.614. The van der Waals surface area contributed by atoms with Crippen LogP contribution in [0.15, 0.2) is 0 Å². The van der Waals surface area contributed by atoms with Crippen LogP contribution in [-0.4, -0.2) is 70.4 Å². The Bertz CT molecular complexity index is 331. The Hall–Kier alpha value is -0.654. The van der Waals surface area contributed by atoms with Gasteiger partial charge in [0.25, 0.3) is 0 Å². The van der Waals surface area contributed by atoms with Gasteiger partial charge in [0.15, 0.2) is 0 Å². The summed E-state index contributed by atoms with van der Waals surface area (Å²) in [6.07, 6.45) is 0. The molecule has 0 aromatic heterocycles. The average Bonchev–Trinajstić information content (AvgIpc) is 2.33. The van der Waals surface area contributed by atoms with Gasteiger partial charge < -0.3 is 30.4 Å². The molecule has 0 aliphatic heterocycles. The standard InChI is InChI=1S/2C5H9NO3S.Mg/c2*1-3(10)5(9)6-2-4(7)8;/h2*3,10H,2H2,1H3,(H,6,9)(H,7,8);/q;;+2/p-2. The first-order valence-electron chi connectivity index (χ1n) is 5.39. The quantitative estimate of drug-likeness (QED) is 0.285. The summed E-state index contributed by atoms with van der Waals surface area (Å²) in [5.41, 5.74) is 0. The van der Waals surface area contributed by atoms with E-state index in [2.05, 4.69) is 35.9 Å². The topological polar surface area (TPSA) is 138 Å². The van der Waals surface area contributed by atoms with Gasteiger partial charge in [-0.05, 0) is 13.8 Å². The van der Waals surface area contributed by atoms with Crippen LogP contribution in [-0.2, 0) is 19.2 Å². The second-order valence-electron chi connectivity index (χ2n) is 3.53. The van der Waals surface area contributed by atoms with E-state index in [9.17, 15) is 29.4 Å². The maximum Gasteiger partial charge on any atom is 2.00 e. The van der Waals surface area contributed by atoms with Gasteiger partial charge in [-0.15, -0.1) is 0 Å².